The van der Waals surface area contributed by atoms with E-state index in [-0.39, 0.29) is 18.2 Å². The van der Waals surface area contributed by atoms with E-state index in [1.807, 2.05) is 29.2 Å². The number of pyridine rings is 1. The molecule has 0 radical (unpaired) electrons. The van der Waals surface area contributed by atoms with Gasteiger partial charge in [-0.2, -0.15) is 0 Å². The van der Waals surface area contributed by atoms with Crippen LogP contribution in [0.25, 0.3) is 0 Å². The Labute approximate surface area is 197 Å². The van der Waals surface area contributed by atoms with Crippen LogP contribution in [0.4, 0.5) is 4.79 Å². The minimum Gasteiger partial charge on any atom is -0.453 e. The van der Waals surface area contributed by atoms with Gasteiger partial charge in [0.15, 0.2) is 11.5 Å². The maximum atomic E-state index is 12.9. The molecule has 1 aromatic carbocycles. The number of carbonyl (C=O) groups excluding carboxylic acids is 1. The first kappa shape index (κ1) is 21.6. The summed E-state index contributed by atoms with van der Waals surface area (Å²) in [5.41, 5.74) is 2.07. The lowest BCUT2D eigenvalue weighted by Gasteiger charge is -2.40. The van der Waals surface area contributed by atoms with Gasteiger partial charge in [0.1, 0.15) is 0 Å². The first-order valence-electron chi connectivity index (χ1n) is 10.9. The van der Waals surface area contributed by atoms with Crippen LogP contribution in [0.15, 0.2) is 30.5 Å². The molecule has 9 heteroatoms. The van der Waals surface area contributed by atoms with E-state index in [1.54, 1.807) is 6.20 Å². The molecule has 1 spiro atoms. The summed E-state index contributed by atoms with van der Waals surface area (Å²) in [5.74, 6) is 1.32. The second kappa shape index (κ2) is 8.96. The largest absolute Gasteiger partial charge is 0.453 e. The number of piperidine rings is 1. The number of aromatic nitrogens is 1. The lowest BCUT2D eigenvalue weighted by Crippen LogP contribution is -2.50. The number of hydrogen-bond donors (Lipinski definition) is 1. The quantitative estimate of drug-likeness (QED) is 0.711. The number of ether oxygens (including phenoxy) is 2. The number of halogens is 2. The fourth-order valence-corrected chi connectivity index (χ4v) is 5.31. The van der Waals surface area contributed by atoms with Crippen LogP contribution in [-0.4, -0.2) is 53.8 Å². The van der Waals surface area contributed by atoms with Crippen molar-refractivity contribution in [1.82, 2.24) is 20.1 Å². The van der Waals surface area contributed by atoms with E-state index in [0.29, 0.717) is 28.1 Å². The summed E-state index contributed by atoms with van der Waals surface area (Å²) < 4.78 is 10.7. The summed E-state index contributed by atoms with van der Waals surface area (Å²) in [7, 11) is 0. The third kappa shape index (κ3) is 4.60. The Hall–Kier alpha value is -2.22. The molecule has 1 N–H and O–H groups in total. The standard InChI is InChI=1S/C23H26Cl2N4O3/c24-18-3-2-16(8-19(18)25)12-28-7-5-23(13-28)4-1-6-29(14-23)22(30)27-10-17-9-20-21(11-26-17)32-15-31-20/h2-3,8-9,11H,1,4-7,10,12-15H2,(H,27,30). The normalized spacial score (nSPS) is 22.5. The monoisotopic (exact) mass is 476 g/mol. The van der Waals surface area contributed by atoms with Gasteiger partial charge in [-0.1, -0.05) is 29.3 Å². The van der Waals surface area contributed by atoms with Crippen molar-refractivity contribution in [2.24, 2.45) is 5.41 Å². The van der Waals surface area contributed by atoms with E-state index in [2.05, 4.69) is 15.2 Å². The van der Waals surface area contributed by atoms with Gasteiger partial charge in [-0.15, -0.1) is 0 Å². The maximum Gasteiger partial charge on any atom is 0.317 e. The zero-order valence-corrected chi connectivity index (χ0v) is 19.3. The van der Waals surface area contributed by atoms with Crippen molar-refractivity contribution in [1.29, 1.82) is 0 Å². The molecule has 0 aliphatic carbocycles. The third-order valence-corrected chi connectivity index (χ3v) is 7.33. The van der Waals surface area contributed by atoms with Crippen molar-refractivity contribution in [3.05, 3.63) is 51.8 Å². The predicted molar refractivity (Wildman–Crippen MR) is 122 cm³/mol. The lowest BCUT2D eigenvalue weighted by molar-refractivity contribution is 0.107. The van der Waals surface area contributed by atoms with Crippen molar-refractivity contribution in [3.8, 4) is 11.5 Å². The second-order valence-electron chi connectivity index (χ2n) is 8.92. The summed E-state index contributed by atoms with van der Waals surface area (Å²) in [6.07, 6.45) is 4.91. The molecule has 7 nitrogen and oxygen atoms in total. The average molecular weight is 477 g/mol. The highest BCUT2D eigenvalue weighted by Gasteiger charge is 2.42. The minimum absolute atomic E-state index is 0.0357. The summed E-state index contributed by atoms with van der Waals surface area (Å²) in [6.45, 7) is 5.01. The number of carbonyl (C=O) groups is 1. The zero-order chi connectivity index (χ0) is 22.1. The molecule has 2 saturated heterocycles. The molecule has 3 aliphatic heterocycles. The molecule has 0 bridgehead atoms. The van der Waals surface area contributed by atoms with Crippen molar-refractivity contribution in [3.63, 3.8) is 0 Å². The third-order valence-electron chi connectivity index (χ3n) is 6.59. The van der Waals surface area contributed by atoms with Gasteiger partial charge >= 0.3 is 6.03 Å². The topological polar surface area (TPSA) is 66.9 Å². The Kier molecular flexibility index (Phi) is 6.05. The number of likely N-dealkylation sites (tertiary alicyclic amines) is 2. The molecule has 4 heterocycles. The van der Waals surface area contributed by atoms with E-state index < -0.39 is 0 Å². The number of rotatable bonds is 4. The molecular formula is C23H26Cl2N4O3. The number of urea groups is 1. The van der Waals surface area contributed by atoms with E-state index in [0.717, 1.165) is 63.2 Å². The molecule has 1 atom stereocenters. The molecule has 3 aliphatic rings. The zero-order valence-electron chi connectivity index (χ0n) is 17.8. The van der Waals surface area contributed by atoms with Gasteiger partial charge in [0.25, 0.3) is 0 Å². The number of amides is 2. The predicted octanol–water partition coefficient (Wildman–Crippen LogP) is 4.31. The summed E-state index contributed by atoms with van der Waals surface area (Å²) in [5, 5.41) is 4.19. The van der Waals surface area contributed by atoms with E-state index in [4.69, 9.17) is 32.7 Å². The fraction of sp³-hybridized carbons (Fsp3) is 0.478. The molecule has 1 aromatic heterocycles. The maximum absolute atomic E-state index is 12.9. The van der Waals surface area contributed by atoms with Gasteiger partial charge in [-0.3, -0.25) is 9.88 Å². The van der Waals surface area contributed by atoms with Crippen molar-refractivity contribution in [2.75, 3.05) is 33.0 Å². The molecule has 1 unspecified atom stereocenters. The van der Waals surface area contributed by atoms with Gasteiger partial charge in [-0.25, -0.2) is 4.79 Å². The smallest absolute Gasteiger partial charge is 0.317 e. The summed E-state index contributed by atoms with van der Waals surface area (Å²) in [6, 6.07) is 7.61. The van der Waals surface area contributed by atoms with Gasteiger partial charge in [0.05, 0.1) is 28.5 Å². The number of nitrogens with zero attached hydrogens (tertiary/aromatic N) is 3. The Morgan fingerprint density at radius 2 is 1.97 bits per heavy atom. The molecule has 32 heavy (non-hydrogen) atoms. The van der Waals surface area contributed by atoms with Gasteiger partial charge < -0.3 is 19.7 Å². The molecule has 2 aromatic rings. The Balaban J connectivity index is 1.16. The summed E-state index contributed by atoms with van der Waals surface area (Å²) >= 11 is 12.2. The van der Waals surface area contributed by atoms with Crippen LogP contribution >= 0.6 is 23.2 Å². The molecule has 0 saturated carbocycles. The van der Waals surface area contributed by atoms with Crippen LogP contribution in [0.5, 0.6) is 11.5 Å². The number of fused-ring (bicyclic) bond motifs is 1. The molecule has 2 amide bonds. The van der Waals surface area contributed by atoms with E-state index in [1.165, 1.54) is 0 Å². The van der Waals surface area contributed by atoms with Crippen LogP contribution in [0.1, 0.15) is 30.5 Å². The first-order chi connectivity index (χ1) is 15.5. The Morgan fingerprint density at radius 3 is 2.84 bits per heavy atom. The Bertz CT molecular complexity index is 1020. The van der Waals surface area contributed by atoms with Gasteiger partial charge in [-0.05, 0) is 43.5 Å². The van der Waals surface area contributed by atoms with Crippen molar-refractivity contribution >= 4 is 29.2 Å². The van der Waals surface area contributed by atoms with Gasteiger partial charge in [0, 0.05) is 37.7 Å². The first-order valence-corrected chi connectivity index (χ1v) is 11.7. The minimum atomic E-state index is -0.0357. The van der Waals surface area contributed by atoms with E-state index >= 15 is 0 Å². The van der Waals surface area contributed by atoms with Crippen LogP contribution in [0.3, 0.4) is 0 Å². The molecular weight excluding hydrogens is 451 g/mol. The van der Waals surface area contributed by atoms with E-state index in [9.17, 15) is 4.79 Å². The average Bonchev–Trinajstić information content (AvgIpc) is 3.41. The summed E-state index contributed by atoms with van der Waals surface area (Å²) in [4.78, 5) is 21.6. The highest BCUT2D eigenvalue weighted by molar-refractivity contribution is 6.42. The van der Waals surface area contributed by atoms with Crippen LogP contribution in [0, 0.1) is 5.41 Å². The van der Waals surface area contributed by atoms with Gasteiger partial charge in [0.2, 0.25) is 6.79 Å². The lowest BCUT2D eigenvalue weighted by atomic mass is 9.79. The second-order valence-corrected chi connectivity index (χ2v) is 9.74. The van der Waals surface area contributed by atoms with Crippen LogP contribution in [-0.2, 0) is 13.1 Å². The molecule has 5 rings (SSSR count). The molecule has 2 fully saturated rings. The highest BCUT2D eigenvalue weighted by atomic mass is 35.5. The number of nitrogens with one attached hydrogen (secondary N) is 1. The fourth-order valence-electron chi connectivity index (χ4n) is 4.99. The van der Waals surface area contributed by atoms with Crippen LogP contribution in [0.2, 0.25) is 10.0 Å². The number of benzene rings is 1. The highest BCUT2D eigenvalue weighted by Crippen LogP contribution is 2.39. The Morgan fingerprint density at radius 1 is 1.09 bits per heavy atom. The van der Waals surface area contributed by atoms with Crippen molar-refractivity contribution < 1.29 is 14.3 Å². The SMILES string of the molecule is O=C(NCc1cc2c(cn1)OCO2)N1CCCC2(CCN(Cc3ccc(Cl)c(Cl)c3)C2)C1. The molecule has 170 valence electrons. The van der Waals surface area contributed by atoms with Crippen molar-refractivity contribution in [2.45, 2.75) is 32.4 Å². The van der Waals surface area contributed by atoms with Crippen LogP contribution < -0.4 is 14.8 Å². The number of hydrogen-bond acceptors (Lipinski definition) is 5.